The maximum absolute atomic E-state index is 10.6. The fourth-order valence-corrected chi connectivity index (χ4v) is 8.52. The Labute approximate surface area is 362 Å². The van der Waals surface area contributed by atoms with Crippen molar-refractivity contribution in [3.05, 3.63) is 205 Å². The van der Waals surface area contributed by atoms with Crippen molar-refractivity contribution in [2.24, 2.45) is 0 Å². The summed E-state index contributed by atoms with van der Waals surface area (Å²) in [6, 6.07) is 70.8. The summed E-state index contributed by atoms with van der Waals surface area (Å²) < 4.78 is 13.0. The van der Waals surface area contributed by atoms with Crippen molar-refractivity contribution in [3.8, 4) is 39.1 Å². The SMILES string of the molecule is CC1(C)c2ccccc2-c2ccc(N(c3ccc(-c4ccccc4)cc3)c3ccc(-c4ccc5c(c4)c4ccccc4n5-c4ccccc4)cc3)cc21.[B]PCF.[BiH2]. The van der Waals surface area contributed by atoms with Gasteiger partial charge in [0.05, 0.1) is 17.4 Å². The average molecular weight is 966 g/mol. The molecule has 0 spiro atoms. The second-order valence-electron chi connectivity index (χ2n) is 15.0. The van der Waals surface area contributed by atoms with E-state index in [9.17, 15) is 4.39 Å². The molecular weight excluding hydrogens is 922 g/mol. The molecule has 0 saturated carbocycles. The quantitative estimate of drug-likeness (QED) is 0.114. The summed E-state index contributed by atoms with van der Waals surface area (Å²) in [5.41, 5.74) is 17.2. The van der Waals surface area contributed by atoms with Crippen LogP contribution in [0.1, 0.15) is 25.0 Å². The van der Waals surface area contributed by atoms with E-state index in [1.165, 1.54) is 72.0 Å². The molecule has 2 nitrogen and oxygen atoms in total. The predicted molar refractivity (Wildman–Crippen MR) is 252 cm³/mol. The normalized spacial score (nSPS) is 12.5. The molecule has 58 heavy (non-hydrogen) atoms. The number of para-hydroxylation sites is 2. The van der Waals surface area contributed by atoms with Gasteiger partial charge in [-0.3, -0.25) is 0 Å². The molecule has 1 aromatic heterocycles. The van der Waals surface area contributed by atoms with Gasteiger partial charge < -0.3 is 9.47 Å². The van der Waals surface area contributed by atoms with Crippen LogP contribution in [-0.2, 0) is 5.41 Å². The molecule has 1 aliphatic rings. The van der Waals surface area contributed by atoms with E-state index in [-0.39, 0.29) is 46.5 Å². The van der Waals surface area contributed by atoms with Crippen molar-refractivity contribution in [1.29, 1.82) is 0 Å². The van der Waals surface area contributed by atoms with E-state index in [0.29, 0.717) is 0 Å². The molecule has 0 saturated heterocycles. The van der Waals surface area contributed by atoms with Gasteiger partial charge in [-0.15, -0.1) is 8.46 Å². The number of aromatic nitrogens is 1. The van der Waals surface area contributed by atoms with Crippen LogP contribution in [0, 0.1) is 0 Å². The first-order valence-corrected chi connectivity index (χ1v) is 20.6. The molecule has 0 amide bonds. The van der Waals surface area contributed by atoms with E-state index in [1.807, 2.05) is 0 Å². The summed E-state index contributed by atoms with van der Waals surface area (Å²) in [5.74, 6) is 0. The first kappa shape index (κ1) is 39.5. The standard InChI is InChI=1S/C51H38N2.CH3BFP.Bi.2H/c1-51(2)47-19-11-9-17-43(47)44-31-30-42(34-48(44)51)52(40-26-21-36(22-27-40)35-13-5-3-6-14-35)41-28-23-37(24-29-41)38-25-32-50-46(33-38)45-18-10-12-20-49(45)53(50)39-15-7-4-8-16-39;2-4-1-3;;;/h3-34H,1-2H3;4H,1H2;;;. The number of hydrogen-bond donors (Lipinski definition) is 0. The van der Waals surface area contributed by atoms with Gasteiger partial charge in [0.1, 0.15) is 7.57 Å². The molecular formula is C52H43BBiFN2P. The molecule has 0 bridgehead atoms. The van der Waals surface area contributed by atoms with Crippen molar-refractivity contribution < 1.29 is 4.39 Å². The van der Waals surface area contributed by atoms with Gasteiger partial charge in [0.2, 0.25) is 0 Å². The van der Waals surface area contributed by atoms with Crippen LogP contribution < -0.4 is 4.90 Å². The van der Waals surface area contributed by atoms with Crippen molar-refractivity contribution >= 4 is 81.1 Å². The third-order valence-electron chi connectivity index (χ3n) is 11.3. The van der Waals surface area contributed by atoms with Gasteiger partial charge in [-0.1, -0.05) is 141 Å². The summed E-state index contributed by atoms with van der Waals surface area (Å²) >= 11 is 0. The first-order valence-electron chi connectivity index (χ1n) is 19.3. The zero-order chi connectivity index (χ0) is 38.9. The molecule has 281 valence electrons. The Morgan fingerprint density at radius 1 is 0.500 bits per heavy atom. The van der Waals surface area contributed by atoms with E-state index < -0.39 is 0 Å². The fourth-order valence-electron chi connectivity index (χ4n) is 8.52. The van der Waals surface area contributed by atoms with E-state index >= 15 is 0 Å². The zero-order valence-electron chi connectivity index (χ0n) is 32.6. The Morgan fingerprint density at radius 2 is 1.00 bits per heavy atom. The third kappa shape index (κ3) is 7.21. The van der Waals surface area contributed by atoms with E-state index in [4.69, 9.17) is 0 Å². The van der Waals surface area contributed by atoms with Crippen LogP contribution in [0.4, 0.5) is 21.5 Å². The Morgan fingerprint density at radius 3 is 1.67 bits per heavy atom. The van der Waals surface area contributed by atoms with Gasteiger partial charge in [-0.2, -0.15) is 0 Å². The Bertz CT molecular complexity index is 2840. The number of halogens is 1. The molecule has 0 fully saturated rings. The van der Waals surface area contributed by atoms with Crippen LogP contribution in [0.15, 0.2) is 194 Å². The molecule has 0 aliphatic heterocycles. The summed E-state index contributed by atoms with van der Waals surface area (Å²) in [4.78, 5) is 2.40. The van der Waals surface area contributed by atoms with Crippen LogP contribution in [-0.4, -0.2) is 44.8 Å². The fraction of sp³-hybridized carbons (Fsp3) is 0.0769. The summed E-state index contributed by atoms with van der Waals surface area (Å²) in [7, 11) is 4.65. The summed E-state index contributed by atoms with van der Waals surface area (Å²) in [6.07, 6.45) is -0.375. The number of rotatable bonds is 7. The summed E-state index contributed by atoms with van der Waals surface area (Å²) in [6.45, 7) is 4.70. The van der Waals surface area contributed by atoms with Gasteiger partial charge in [-0.05, 0) is 111 Å². The number of nitrogens with zero attached hydrogens (tertiary/aromatic N) is 2. The van der Waals surface area contributed by atoms with Crippen molar-refractivity contribution in [1.82, 2.24) is 4.57 Å². The topological polar surface area (TPSA) is 8.17 Å². The van der Waals surface area contributed by atoms with E-state index in [1.54, 1.807) is 0 Å². The van der Waals surface area contributed by atoms with E-state index in [0.717, 1.165) is 17.1 Å². The Balaban J connectivity index is 0.000000900. The van der Waals surface area contributed by atoms with Crippen LogP contribution in [0.5, 0.6) is 0 Å². The van der Waals surface area contributed by atoms with Gasteiger partial charge >= 0.3 is 26.2 Å². The molecule has 3 radical (unpaired) electrons. The number of fused-ring (bicyclic) bond motifs is 6. The average Bonchev–Trinajstić information content (AvgIpc) is 3.72. The molecule has 1 heterocycles. The van der Waals surface area contributed by atoms with Gasteiger partial charge in [0.25, 0.3) is 0 Å². The Kier molecular flexibility index (Phi) is 11.5. The number of anilines is 3. The van der Waals surface area contributed by atoms with Gasteiger partial charge in [0.15, 0.2) is 0 Å². The van der Waals surface area contributed by atoms with Crippen LogP contribution in [0.2, 0.25) is 0 Å². The molecule has 0 N–H and O–H groups in total. The minimum absolute atomic E-state index is 0. The maximum atomic E-state index is 10.6. The second kappa shape index (κ2) is 16.9. The van der Waals surface area contributed by atoms with Crippen molar-refractivity contribution in [3.63, 3.8) is 0 Å². The molecule has 1 aliphatic carbocycles. The number of alkyl halides is 1. The van der Waals surface area contributed by atoms with Crippen molar-refractivity contribution in [2.45, 2.75) is 19.3 Å². The van der Waals surface area contributed by atoms with Crippen LogP contribution in [0.3, 0.4) is 0 Å². The second-order valence-corrected chi connectivity index (χ2v) is 15.6. The first-order chi connectivity index (χ1) is 28.0. The zero-order valence-corrected chi connectivity index (χ0v) is 38.1. The monoisotopic (exact) mass is 965 g/mol. The molecule has 6 heteroatoms. The van der Waals surface area contributed by atoms with Crippen LogP contribution in [0.25, 0.3) is 60.9 Å². The number of hydrogen-bond acceptors (Lipinski definition) is 1. The Hall–Kier alpha value is -5.33. The molecule has 1 atom stereocenters. The molecule has 10 rings (SSSR count). The van der Waals surface area contributed by atoms with E-state index in [2.05, 4.69) is 225 Å². The van der Waals surface area contributed by atoms with Gasteiger partial charge in [-0.25, -0.2) is 4.39 Å². The summed E-state index contributed by atoms with van der Waals surface area (Å²) in [5, 5.41) is 2.52. The molecule has 1 unspecified atom stereocenters. The number of benzene rings is 8. The van der Waals surface area contributed by atoms with Crippen LogP contribution >= 0.6 is 8.46 Å². The predicted octanol–water partition coefficient (Wildman–Crippen LogP) is 13.7. The molecule has 8 aromatic carbocycles. The van der Waals surface area contributed by atoms with Crippen molar-refractivity contribution in [2.75, 3.05) is 11.3 Å². The van der Waals surface area contributed by atoms with Gasteiger partial charge in [0, 0.05) is 38.9 Å². The minimum atomic E-state index is -0.375. The third-order valence-corrected chi connectivity index (χ3v) is 11.4. The molecule has 9 aromatic rings.